The summed E-state index contributed by atoms with van der Waals surface area (Å²) in [6.45, 7) is 2.32. The van der Waals surface area contributed by atoms with E-state index in [1.165, 1.54) is 12.1 Å². The van der Waals surface area contributed by atoms with Crippen molar-refractivity contribution in [2.45, 2.75) is 13.5 Å². The number of nitrogens with two attached hydrogens (primary N) is 1. The maximum atomic E-state index is 13.2. The van der Waals surface area contributed by atoms with Crippen molar-refractivity contribution in [3.05, 3.63) is 77.2 Å². The van der Waals surface area contributed by atoms with E-state index in [0.717, 1.165) is 22.7 Å². The number of halogens is 1. The summed E-state index contributed by atoms with van der Waals surface area (Å²) < 4.78 is 22.4. The molecule has 30 heavy (non-hydrogen) atoms. The number of hydrogen-bond donors (Lipinski definition) is 4. The van der Waals surface area contributed by atoms with Gasteiger partial charge in [0.2, 0.25) is 0 Å². The van der Waals surface area contributed by atoms with Crippen LogP contribution in [0.4, 0.5) is 21.6 Å². The number of hydrogen-bond acceptors (Lipinski definition) is 7. The Kier molecular flexibility index (Phi) is 7.13. The number of ether oxygens (including phenoxy) is 1. The van der Waals surface area contributed by atoms with E-state index in [4.69, 9.17) is 15.9 Å². The first kappa shape index (κ1) is 21.4. The summed E-state index contributed by atoms with van der Waals surface area (Å²) in [6, 6.07) is 13.5. The average molecular weight is 426 g/mol. The van der Waals surface area contributed by atoms with Crippen molar-refractivity contribution in [2.75, 3.05) is 28.6 Å². The second kappa shape index (κ2) is 9.98. The molecule has 8 heteroatoms. The van der Waals surface area contributed by atoms with Crippen molar-refractivity contribution < 1.29 is 9.13 Å². The molecule has 156 valence electrons. The van der Waals surface area contributed by atoms with Gasteiger partial charge in [0, 0.05) is 30.2 Å². The summed E-state index contributed by atoms with van der Waals surface area (Å²) in [7, 11) is 1.78. The molecule has 6 nitrogen and oxygen atoms in total. The summed E-state index contributed by atoms with van der Waals surface area (Å²) in [6.07, 6.45) is 1.60. The smallest absolute Gasteiger partial charge is 0.144 e. The Hall–Kier alpha value is -3.26. The highest BCUT2D eigenvalue weighted by atomic mass is 32.2. The van der Waals surface area contributed by atoms with Crippen LogP contribution in [-0.4, -0.2) is 23.5 Å². The van der Waals surface area contributed by atoms with Crippen LogP contribution in [0.1, 0.15) is 23.6 Å². The molecule has 0 bridgehead atoms. The topological polar surface area (TPSA) is 96.1 Å². The molecule has 0 saturated carbocycles. The summed E-state index contributed by atoms with van der Waals surface area (Å²) in [4.78, 5) is 4.12. The largest absolute Gasteiger partial charge is 0.487 e. The lowest BCUT2D eigenvalue weighted by atomic mass is 10.0. The van der Waals surface area contributed by atoms with Crippen LogP contribution in [0, 0.1) is 11.2 Å². The Balaban J connectivity index is 1.91. The second-order valence-corrected chi connectivity index (χ2v) is 7.48. The normalized spacial score (nSPS) is 10.5. The molecule has 0 radical (unpaired) electrons. The van der Waals surface area contributed by atoms with Gasteiger partial charge >= 0.3 is 0 Å². The average Bonchev–Trinajstić information content (AvgIpc) is 2.76. The van der Waals surface area contributed by atoms with E-state index < -0.39 is 0 Å². The lowest BCUT2D eigenvalue weighted by Crippen LogP contribution is -2.11. The fraction of sp³-hybridized carbons (Fsp3) is 0.182. The first-order chi connectivity index (χ1) is 14.5. The van der Waals surface area contributed by atoms with Gasteiger partial charge in [-0.15, -0.1) is 0 Å². The molecule has 5 N–H and O–H groups in total. The fourth-order valence-electron chi connectivity index (χ4n) is 2.87. The van der Waals surface area contributed by atoms with Crippen molar-refractivity contribution in [3.63, 3.8) is 0 Å². The van der Waals surface area contributed by atoms with E-state index in [0.29, 0.717) is 16.9 Å². The molecule has 0 atom stereocenters. The zero-order valence-electron chi connectivity index (χ0n) is 16.8. The summed E-state index contributed by atoms with van der Waals surface area (Å²) in [5.41, 5.74) is 9.84. The Bertz CT molecular complexity index is 1030. The molecule has 0 spiro atoms. The maximum Gasteiger partial charge on any atom is 0.144 e. The van der Waals surface area contributed by atoms with E-state index >= 15 is 0 Å². The third-order valence-corrected chi connectivity index (χ3v) is 5.06. The van der Waals surface area contributed by atoms with E-state index in [1.807, 2.05) is 19.1 Å². The van der Waals surface area contributed by atoms with Crippen LogP contribution in [0.5, 0.6) is 5.75 Å². The lowest BCUT2D eigenvalue weighted by Gasteiger charge is -2.16. The monoisotopic (exact) mass is 425 g/mol. The Morgan fingerprint density at radius 2 is 1.93 bits per heavy atom. The highest BCUT2D eigenvalue weighted by Gasteiger charge is 2.16. The molecule has 1 heterocycles. The first-order valence-corrected chi connectivity index (χ1v) is 10.4. The minimum Gasteiger partial charge on any atom is -0.487 e. The van der Waals surface area contributed by atoms with Crippen molar-refractivity contribution >= 4 is 34.9 Å². The molecule has 1 aromatic heterocycles. The highest BCUT2D eigenvalue weighted by molar-refractivity contribution is 8.00. The summed E-state index contributed by atoms with van der Waals surface area (Å²) in [5.74, 6) is 1.47. The molecule has 0 saturated heterocycles. The van der Waals surface area contributed by atoms with E-state index in [1.54, 1.807) is 49.5 Å². The van der Waals surface area contributed by atoms with Gasteiger partial charge in [-0.1, -0.05) is 37.1 Å². The molecule has 3 aromatic rings. The number of pyridine rings is 1. The minimum atomic E-state index is -0.287. The number of nitrogens with zero attached hydrogens (tertiary/aromatic N) is 1. The minimum absolute atomic E-state index is 0.242. The summed E-state index contributed by atoms with van der Waals surface area (Å²) >= 11 is 1.54. The third-order valence-electron chi connectivity index (χ3n) is 4.40. The molecular formula is C22H24FN5OS. The van der Waals surface area contributed by atoms with Crippen molar-refractivity contribution in [3.8, 4) is 5.75 Å². The SMILES string of the molecule is CCSNc1ccc(C(=N)c2c(NC)ccnc2N)cc1OCc1ccc(F)cc1. The van der Waals surface area contributed by atoms with Crippen molar-refractivity contribution in [1.29, 1.82) is 5.41 Å². The number of anilines is 3. The zero-order chi connectivity index (χ0) is 21.5. The van der Waals surface area contributed by atoms with Crippen LogP contribution in [0.3, 0.4) is 0 Å². The molecule has 0 aliphatic heterocycles. The van der Waals surface area contributed by atoms with Gasteiger partial charge in [-0.3, -0.25) is 5.41 Å². The predicted molar refractivity (Wildman–Crippen MR) is 123 cm³/mol. The van der Waals surface area contributed by atoms with Gasteiger partial charge in [0.05, 0.1) is 17.0 Å². The van der Waals surface area contributed by atoms with Crippen LogP contribution in [0.15, 0.2) is 54.7 Å². The van der Waals surface area contributed by atoms with Gasteiger partial charge < -0.3 is 20.5 Å². The highest BCUT2D eigenvalue weighted by Crippen LogP contribution is 2.31. The van der Waals surface area contributed by atoms with Gasteiger partial charge in [0.25, 0.3) is 0 Å². The summed E-state index contributed by atoms with van der Waals surface area (Å²) in [5, 5.41) is 11.8. The van der Waals surface area contributed by atoms with Crippen LogP contribution in [0.25, 0.3) is 0 Å². The standard InChI is InChI=1S/C22H24FN5OS/c1-3-30-28-17-9-6-15(21(24)20-18(26-2)10-11-27-22(20)25)12-19(17)29-13-14-4-7-16(23)8-5-14/h4-12,24,28H,3,13H2,1-2H3,(H3,25,26,27). The van der Waals surface area contributed by atoms with Crippen LogP contribution >= 0.6 is 11.9 Å². The number of benzene rings is 2. The van der Waals surface area contributed by atoms with Crippen LogP contribution in [-0.2, 0) is 6.61 Å². The fourth-order valence-corrected chi connectivity index (χ4v) is 3.34. The zero-order valence-corrected chi connectivity index (χ0v) is 17.6. The molecule has 0 unspecified atom stereocenters. The van der Waals surface area contributed by atoms with Crippen LogP contribution < -0.4 is 20.5 Å². The van der Waals surface area contributed by atoms with E-state index in [-0.39, 0.29) is 24.0 Å². The van der Waals surface area contributed by atoms with Crippen LogP contribution in [0.2, 0.25) is 0 Å². The third kappa shape index (κ3) is 5.01. The van der Waals surface area contributed by atoms with Gasteiger partial charge in [-0.25, -0.2) is 9.37 Å². The molecule has 0 fully saturated rings. The van der Waals surface area contributed by atoms with E-state index in [2.05, 4.69) is 15.0 Å². The Labute approximate surface area is 179 Å². The number of rotatable bonds is 9. The van der Waals surface area contributed by atoms with Gasteiger partial charge in [-0.2, -0.15) is 0 Å². The number of aromatic nitrogens is 1. The maximum absolute atomic E-state index is 13.2. The van der Waals surface area contributed by atoms with Crippen molar-refractivity contribution in [1.82, 2.24) is 4.98 Å². The molecule has 0 amide bonds. The van der Waals surface area contributed by atoms with Gasteiger partial charge in [-0.05, 0) is 35.9 Å². The Morgan fingerprint density at radius 1 is 1.17 bits per heavy atom. The number of nitrogens with one attached hydrogen (secondary N) is 3. The molecular weight excluding hydrogens is 401 g/mol. The van der Waals surface area contributed by atoms with Gasteiger partial charge in [0.1, 0.15) is 24.0 Å². The molecule has 0 aliphatic rings. The van der Waals surface area contributed by atoms with Crippen molar-refractivity contribution in [2.24, 2.45) is 0 Å². The quantitative estimate of drug-likeness (QED) is 0.287. The van der Waals surface area contributed by atoms with Gasteiger partial charge in [0.15, 0.2) is 0 Å². The molecule has 0 aliphatic carbocycles. The Morgan fingerprint density at radius 3 is 2.63 bits per heavy atom. The van der Waals surface area contributed by atoms with E-state index in [9.17, 15) is 4.39 Å². The second-order valence-electron chi connectivity index (χ2n) is 6.40. The predicted octanol–water partition coefficient (Wildman–Crippen LogP) is 4.92. The first-order valence-electron chi connectivity index (χ1n) is 9.44. The molecule has 2 aromatic carbocycles. The number of nitrogen functional groups attached to an aromatic ring is 1. The molecule has 3 rings (SSSR count). The lowest BCUT2D eigenvalue weighted by molar-refractivity contribution is 0.308.